The van der Waals surface area contributed by atoms with Crippen molar-refractivity contribution in [2.45, 2.75) is 73.7 Å². The maximum absolute atomic E-state index is 9.98. The van der Waals surface area contributed by atoms with Crippen LogP contribution in [0.1, 0.15) is 55.4 Å². The van der Waals surface area contributed by atoms with Gasteiger partial charge in [0.2, 0.25) is 0 Å². The third-order valence-electron chi connectivity index (χ3n) is 0.407. The molecule has 0 aliphatic rings. The topological polar surface area (TPSA) is 94.8 Å². The summed E-state index contributed by atoms with van der Waals surface area (Å²) in [4.78, 5) is 20.0. The molecule has 0 atom stereocenters. The Morgan fingerprint density at radius 2 is 0.800 bits per heavy atom. The van der Waals surface area contributed by atoms with Crippen LogP contribution < -0.4 is 0 Å². The number of hydrogen-bond acceptors (Lipinski definition) is 5. The predicted molar refractivity (Wildman–Crippen MR) is 77.7 cm³/mol. The molecule has 122 valence electrons. The first-order valence-corrected chi connectivity index (χ1v) is 6.22. The summed E-state index contributed by atoms with van der Waals surface area (Å²) in [5.41, 5.74) is 0. The van der Waals surface area contributed by atoms with Gasteiger partial charge in [-0.15, -0.1) is 0 Å². The minimum Gasteiger partial charge on any atom is -0.394 e. The van der Waals surface area contributed by atoms with E-state index < -0.39 is 0 Å². The van der Waals surface area contributed by atoms with Gasteiger partial charge in [-0.3, -0.25) is 6.42 Å². The molecule has 6 heteroatoms. The number of rotatable bonds is 2. The molecule has 0 fully saturated rings. The van der Waals surface area contributed by atoms with Crippen LogP contribution >= 0.6 is 0 Å². The molecule has 0 aromatic rings. The quantitative estimate of drug-likeness (QED) is 0.406. The minimum atomic E-state index is -0.187. The largest absolute Gasteiger partial charge is 0.394 e. The molecule has 0 heterocycles. The summed E-state index contributed by atoms with van der Waals surface area (Å²) in [6, 6.07) is 0. The van der Waals surface area contributed by atoms with E-state index in [-0.39, 0.29) is 51.6 Å². The van der Waals surface area contributed by atoms with Crippen molar-refractivity contribution < 1.29 is 46.6 Å². The molecule has 0 saturated carbocycles. The van der Waals surface area contributed by atoms with Gasteiger partial charge in [0, 0.05) is 51.6 Å². The smallest absolute Gasteiger partial charge is 0.0483 e. The van der Waals surface area contributed by atoms with Gasteiger partial charge in [-0.05, 0) is 55.4 Å². The molecule has 0 unspecified atom stereocenters. The molecule has 0 bridgehead atoms. The molecule has 0 aromatic heterocycles. The Bertz CT molecular complexity index is 169. The average Bonchev–Trinajstić information content (AvgIpc) is 1.95. The van der Waals surface area contributed by atoms with E-state index in [2.05, 4.69) is 0 Å². The molecule has 0 amide bonds. The Morgan fingerprint density at radius 3 is 0.800 bits per heavy atom. The number of carbonyl (C=O) groups excluding carboxylic acids is 2. The van der Waals surface area contributed by atoms with Crippen LogP contribution in [0.5, 0.6) is 0 Å². The van der Waals surface area contributed by atoms with Crippen LogP contribution in [0.4, 0.5) is 0 Å². The van der Waals surface area contributed by atoms with Gasteiger partial charge in [0.05, 0.1) is 0 Å². The van der Waals surface area contributed by atoms with E-state index in [9.17, 15) is 9.59 Å². The molecular weight excluding hydrogens is 296 g/mol. The van der Waals surface area contributed by atoms with Gasteiger partial charge in [0.25, 0.3) is 0 Å². The van der Waals surface area contributed by atoms with Crippen molar-refractivity contribution in [2.24, 2.45) is 0 Å². The SMILES string of the molecule is CC(=O)[CH-]C(C)=O.CC(C)O.CC(C)O.CC(C)O.[Ti]. The fraction of sp³-hybridized carbons (Fsp3) is 0.786. The standard InChI is InChI=1S/C5H7O2.3C3H8O.Ti/c1-4(6)3-5(2)7;3*1-3(2)4;/h3H,1-2H3;3*3-4H,1-2H3;/q-1;;;;. The molecule has 0 spiro atoms. The maximum Gasteiger partial charge on any atom is 0.0483 e. The summed E-state index contributed by atoms with van der Waals surface area (Å²) in [5, 5.41) is 24.2. The zero-order valence-corrected chi connectivity index (χ0v) is 15.5. The molecule has 0 aliphatic carbocycles. The normalized spacial score (nSPS) is 8.10. The van der Waals surface area contributed by atoms with Crippen molar-refractivity contribution in [3.63, 3.8) is 0 Å². The summed E-state index contributed by atoms with van der Waals surface area (Å²) < 4.78 is 0. The third-order valence-corrected chi connectivity index (χ3v) is 0.407. The summed E-state index contributed by atoms with van der Waals surface area (Å²) in [6.07, 6.45) is 0.556. The maximum atomic E-state index is 9.98. The second kappa shape index (κ2) is 23.9. The van der Waals surface area contributed by atoms with Gasteiger partial charge >= 0.3 is 0 Å². The van der Waals surface area contributed by atoms with Crippen LogP contribution in [0.15, 0.2) is 0 Å². The Kier molecular flexibility index (Phi) is 38.1. The number of aliphatic hydroxyl groups excluding tert-OH is 3. The van der Waals surface area contributed by atoms with Gasteiger partial charge in [0.15, 0.2) is 0 Å². The molecule has 5 nitrogen and oxygen atoms in total. The van der Waals surface area contributed by atoms with Crippen LogP contribution in [-0.4, -0.2) is 45.2 Å². The summed E-state index contributed by atoms with van der Waals surface area (Å²) in [7, 11) is 0. The van der Waals surface area contributed by atoms with Gasteiger partial charge in [-0.2, -0.15) is 0 Å². The first kappa shape index (κ1) is 32.0. The van der Waals surface area contributed by atoms with Gasteiger partial charge < -0.3 is 24.9 Å². The first-order chi connectivity index (χ1) is 8.32. The summed E-state index contributed by atoms with van der Waals surface area (Å²) >= 11 is 0. The van der Waals surface area contributed by atoms with Gasteiger partial charge in [-0.1, -0.05) is 0 Å². The number of carbonyl (C=O) groups is 2. The molecule has 3 N–H and O–H groups in total. The third kappa shape index (κ3) is 347. The van der Waals surface area contributed by atoms with Crippen molar-refractivity contribution in [1.82, 2.24) is 0 Å². The zero-order chi connectivity index (χ0) is 16.6. The second-order valence-corrected chi connectivity index (χ2v) is 4.65. The molecule has 0 saturated heterocycles. The Hall–Kier alpha value is -0.196. The number of aliphatic hydroxyl groups is 3. The first-order valence-electron chi connectivity index (χ1n) is 6.22. The van der Waals surface area contributed by atoms with Crippen LogP contribution in [0.2, 0.25) is 0 Å². The number of Topliss-reactive ketones (excluding diaryl/α,β-unsaturated/α-hetero) is 2. The van der Waals surface area contributed by atoms with E-state index in [0.717, 1.165) is 6.42 Å². The van der Waals surface area contributed by atoms with Gasteiger partial charge in [-0.25, -0.2) is 0 Å². The Balaban J connectivity index is -0.0000000512. The van der Waals surface area contributed by atoms with Crippen LogP contribution in [0, 0.1) is 6.42 Å². The Labute approximate surface area is 138 Å². The summed E-state index contributed by atoms with van der Waals surface area (Å²) in [6.45, 7) is 13.0. The molecule has 20 heavy (non-hydrogen) atoms. The van der Waals surface area contributed by atoms with Crippen molar-refractivity contribution in [2.75, 3.05) is 0 Å². The average molecular weight is 327 g/mol. The fourth-order valence-electron chi connectivity index (χ4n) is 0.286. The Morgan fingerprint density at radius 1 is 0.700 bits per heavy atom. The van der Waals surface area contributed by atoms with Crippen molar-refractivity contribution in [3.8, 4) is 0 Å². The summed E-state index contributed by atoms with van der Waals surface area (Å²) in [5.74, 6) is -0.375. The molecule has 0 rings (SSSR count). The van der Waals surface area contributed by atoms with Crippen LogP contribution in [0.3, 0.4) is 0 Å². The van der Waals surface area contributed by atoms with Crippen molar-refractivity contribution in [1.29, 1.82) is 0 Å². The number of ketones is 2. The second-order valence-electron chi connectivity index (χ2n) is 4.65. The van der Waals surface area contributed by atoms with Crippen molar-refractivity contribution >= 4 is 11.6 Å². The minimum absolute atomic E-state index is 0. The van der Waals surface area contributed by atoms with E-state index in [4.69, 9.17) is 15.3 Å². The van der Waals surface area contributed by atoms with Crippen molar-refractivity contribution in [3.05, 3.63) is 6.42 Å². The predicted octanol–water partition coefficient (Wildman–Crippen LogP) is 1.53. The monoisotopic (exact) mass is 327 g/mol. The van der Waals surface area contributed by atoms with E-state index in [1.165, 1.54) is 13.8 Å². The van der Waals surface area contributed by atoms with Gasteiger partial charge in [0.1, 0.15) is 0 Å². The van der Waals surface area contributed by atoms with E-state index in [1.54, 1.807) is 41.5 Å². The molecule has 0 aromatic carbocycles. The molecular formula is C14H31O5Ti-. The van der Waals surface area contributed by atoms with E-state index >= 15 is 0 Å². The van der Waals surface area contributed by atoms with E-state index in [0.29, 0.717) is 0 Å². The number of hydrogen-bond donors (Lipinski definition) is 3. The van der Waals surface area contributed by atoms with Crippen LogP contribution in [0.25, 0.3) is 0 Å². The molecule has 0 radical (unpaired) electrons. The fourth-order valence-corrected chi connectivity index (χ4v) is 0.286. The van der Waals surface area contributed by atoms with Crippen LogP contribution in [-0.2, 0) is 31.3 Å². The zero-order valence-electron chi connectivity index (χ0n) is 14.0. The van der Waals surface area contributed by atoms with E-state index in [1.807, 2.05) is 0 Å². The molecule has 0 aliphatic heterocycles.